The predicted octanol–water partition coefficient (Wildman–Crippen LogP) is 5.32. The molecule has 0 aromatic heterocycles. The average molecular weight is 477 g/mol. The van der Waals surface area contributed by atoms with E-state index in [0.29, 0.717) is 18.4 Å². The molecule has 5 nitrogen and oxygen atoms in total. The Morgan fingerprint density at radius 3 is 2.51 bits per heavy atom. The number of para-hydroxylation sites is 1. The van der Waals surface area contributed by atoms with Crippen LogP contribution in [-0.4, -0.2) is 55.6 Å². The molecule has 2 aliphatic heterocycles. The fraction of sp³-hybridized carbons (Fsp3) is 0.567. The van der Waals surface area contributed by atoms with Crippen LogP contribution in [0.5, 0.6) is 11.5 Å². The van der Waals surface area contributed by atoms with Gasteiger partial charge in [-0.3, -0.25) is 9.69 Å². The Morgan fingerprint density at radius 2 is 1.77 bits per heavy atom. The number of carbonyl (C=O) groups is 1. The van der Waals surface area contributed by atoms with E-state index in [9.17, 15) is 4.79 Å². The Labute approximate surface area is 210 Å². The Bertz CT molecular complexity index is 977. The molecule has 2 heterocycles. The van der Waals surface area contributed by atoms with Crippen LogP contribution in [0.25, 0.3) is 0 Å². The fourth-order valence-corrected chi connectivity index (χ4v) is 5.91. The number of hydrogen-bond acceptors (Lipinski definition) is 4. The summed E-state index contributed by atoms with van der Waals surface area (Å²) in [4.78, 5) is 17.4. The van der Waals surface area contributed by atoms with Crippen molar-refractivity contribution in [2.45, 2.75) is 57.9 Å². The number of rotatable bonds is 4. The SMILES string of the molecule is COc1ccc(CN2CCOc3ccccc3CCCCC3(CCN(C(=O)C4CC4)CC3)C2)cc1. The smallest absolute Gasteiger partial charge is 0.225 e. The number of amides is 1. The third kappa shape index (κ3) is 6.19. The van der Waals surface area contributed by atoms with Gasteiger partial charge in [0.1, 0.15) is 18.1 Å². The van der Waals surface area contributed by atoms with Gasteiger partial charge in [-0.25, -0.2) is 0 Å². The van der Waals surface area contributed by atoms with Gasteiger partial charge in [0.15, 0.2) is 0 Å². The third-order valence-electron chi connectivity index (χ3n) is 8.23. The van der Waals surface area contributed by atoms with Crippen LogP contribution in [0.3, 0.4) is 0 Å². The first kappa shape index (κ1) is 24.2. The molecule has 0 atom stereocenters. The van der Waals surface area contributed by atoms with Gasteiger partial charge in [0.2, 0.25) is 5.91 Å². The highest BCUT2D eigenvalue weighted by Crippen LogP contribution is 2.40. The first-order valence-electron chi connectivity index (χ1n) is 13.5. The van der Waals surface area contributed by atoms with Crippen molar-refractivity contribution in [3.8, 4) is 11.5 Å². The number of likely N-dealkylation sites (tertiary alicyclic amines) is 1. The number of piperidine rings is 1. The second kappa shape index (κ2) is 11.0. The van der Waals surface area contributed by atoms with E-state index < -0.39 is 0 Å². The van der Waals surface area contributed by atoms with Crippen molar-refractivity contribution in [3.05, 3.63) is 59.7 Å². The summed E-state index contributed by atoms with van der Waals surface area (Å²) in [5.74, 6) is 2.67. The summed E-state index contributed by atoms with van der Waals surface area (Å²) in [6.07, 6.45) is 9.14. The highest BCUT2D eigenvalue weighted by molar-refractivity contribution is 5.81. The number of hydrogen-bond donors (Lipinski definition) is 0. The van der Waals surface area contributed by atoms with Crippen molar-refractivity contribution in [3.63, 3.8) is 0 Å². The summed E-state index contributed by atoms with van der Waals surface area (Å²) in [5.41, 5.74) is 2.90. The zero-order valence-corrected chi connectivity index (χ0v) is 21.2. The number of nitrogens with zero attached hydrogens (tertiary/aromatic N) is 2. The minimum absolute atomic E-state index is 0.269. The Balaban J connectivity index is 1.32. The number of aryl methyl sites for hydroxylation is 1. The molecule has 5 heteroatoms. The van der Waals surface area contributed by atoms with Crippen molar-refractivity contribution in [1.82, 2.24) is 9.80 Å². The summed E-state index contributed by atoms with van der Waals surface area (Å²) in [6, 6.07) is 17.0. The molecule has 1 aliphatic carbocycles. The van der Waals surface area contributed by atoms with Crippen LogP contribution in [0, 0.1) is 11.3 Å². The van der Waals surface area contributed by atoms with E-state index >= 15 is 0 Å². The number of carbonyl (C=O) groups excluding carboxylic acids is 1. The highest BCUT2D eigenvalue weighted by atomic mass is 16.5. The predicted molar refractivity (Wildman–Crippen MR) is 139 cm³/mol. The Morgan fingerprint density at radius 1 is 1.00 bits per heavy atom. The molecule has 1 saturated carbocycles. The van der Waals surface area contributed by atoms with E-state index in [0.717, 1.165) is 76.3 Å². The van der Waals surface area contributed by atoms with Crippen LogP contribution in [0.1, 0.15) is 56.1 Å². The van der Waals surface area contributed by atoms with E-state index in [2.05, 4.69) is 58.3 Å². The van der Waals surface area contributed by atoms with E-state index in [1.807, 2.05) is 0 Å². The summed E-state index contributed by atoms with van der Waals surface area (Å²) in [5, 5.41) is 0. The molecule has 2 aromatic rings. The van der Waals surface area contributed by atoms with Gasteiger partial charge >= 0.3 is 0 Å². The van der Waals surface area contributed by atoms with Crippen molar-refractivity contribution in [2.75, 3.05) is 39.9 Å². The van der Waals surface area contributed by atoms with Gasteiger partial charge in [-0.2, -0.15) is 0 Å². The first-order valence-corrected chi connectivity index (χ1v) is 13.5. The average Bonchev–Trinajstić information content (AvgIpc) is 3.73. The molecule has 2 fully saturated rings. The monoisotopic (exact) mass is 476 g/mol. The molecule has 1 amide bonds. The van der Waals surface area contributed by atoms with Crippen LogP contribution in [0.15, 0.2) is 48.5 Å². The number of benzene rings is 2. The first-order chi connectivity index (χ1) is 17.1. The topological polar surface area (TPSA) is 42.0 Å². The maximum absolute atomic E-state index is 12.7. The van der Waals surface area contributed by atoms with E-state index in [1.54, 1.807) is 7.11 Å². The highest BCUT2D eigenvalue weighted by Gasteiger charge is 2.40. The van der Waals surface area contributed by atoms with Crippen LogP contribution in [-0.2, 0) is 17.8 Å². The molecule has 2 aromatic carbocycles. The van der Waals surface area contributed by atoms with E-state index in [-0.39, 0.29) is 5.41 Å². The largest absolute Gasteiger partial charge is 0.497 e. The number of fused-ring (bicyclic) bond motifs is 1. The van der Waals surface area contributed by atoms with Crippen LogP contribution >= 0.6 is 0 Å². The Kier molecular flexibility index (Phi) is 7.62. The molecular weight excluding hydrogens is 436 g/mol. The number of ether oxygens (including phenoxy) is 2. The summed E-state index contributed by atoms with van der Waals surface area (Å²) in [7, 11) is 1.71. The van der Waals surface area contributed by atoms with Crippen LogP contribution in [0.2, 0.25) is 0 Å². The summed E-state index contributed by atoms with van der Waals surface area (Å²) in [6.45, 7) is 5.40. The second-order valence-electron chi connectivity index (χ2n) is 10.8. The molecule has 0 N–H and O–H groups in total. The normalized spacial score (nSPS) is 21.3. The van der Waals surface area contributed by atoms with Crippen molar-refractivity contribution >= 4 is 5.91 Å². The maximum Gasteiger partial charge on any atom is 0.225 e. The lowest BCUT2D eigenvalue weighted by Crippen LogP contribution is -2.48. The maximum atomic E-state index is 12.7. The number of methoxy groups -OCH3 is 1. The quantitative estimate of drug-likeness (QED) is 0.599. The standard InChI is InChI=1S/C30H40N2O3/c1-34-27-13-9-24(10-14-27)22-31-20-21-35-28-8-3-2-6-25(28)7-4-5-15-30(23-31)16-18-32(19-17-30)29(33)26-11-12-26/h2-3,6,8-10,13-14,26H,4-5,7,11-12,15-23H2,1H3. The van der Waals surface area contributed by atoms with Crippen molar-refractivity contribution in [2.24, 2.45) is 11.3 Å². The molecule has 35 heavy (non-hydrogen) atoms. The molecular formula is C30H40N2O3. The van der Waals surface area contributed by atoms with Crippen molar-refractivity contribution in [1.29, 1.82) is 0 Å². The minimum Gasteiger partial charge on any atom is -0.497 e. The molecule has 3 aliphatic rings. The Hall–Kier alpha value is -2.53. The van der Waals surface area contributed by atoms with Gasteiger partial charge in [0.05, 0.1) is 7.11 Å². The lowest BCUT2D eigenvalue weighted by atomic mass is 9.73. The molecule has 0 bridgehead atoms. The molecule has 1 saturated heterocycles. The van der Waals surface area contributed by atoms with Gasteiger partial charge in [0.25, 0.3) is 0 Å². The fourth-order valence-electron chi connectivity index (χ4n) is 5.91. The van der Waals surface area contributed by atoms with Crippen LogP contribution < -0.4 is 9.47 Å². The zero-order chi connectivity index (χ0) is 24.1. The zero-order valence-electron chi connectivity index (χ0n) is 21.2. The van der Waals surface area contributed by atoms with Crippen LogP contribution in [0.4, 0.5) is 0 Å². The van der Waals surface area contributed by atoms with E-state index in [4.69, 9.17) is 9.47 Å². The molecule has 0 unspecified atom stereocenters. The van der Waals surface area contributed by atoms with Gasteiger partial charge in [-0.1, -0.05) is 36.8 Å². The molecule has 5 rings (SSSR count). The molecule has 0 radical (unpaired) electrons. The van der Waals surface area contributed by atoms with Gasteiger partial charge < -0.3 is 14.4 Å². The minimum atomic E-state index is 0.269. The van der Waals surface area contributed by atoms with E-state index in [1.165, 1.54) is 30.4 Å². The summed E-state index contributed by atoms with van der Waals surface area (Å²) < 4.78 is 11.7. The molecule has 1 spiro atoms. The van der Waals surface area contributed by atoms with Gasteiger partial charge in [-0.05, 0) is 79.7 Å². The van der Waals surface area contributed by atoms with Gasteiger partial charge in [0, 0.05) is 38.6 Å². The lowest BCUT2D eigenvalue weighted by Gasteiger charge is -2.45. The molecule has 188 valence electrons. The third-order valence-corrected chi connectivity index (χ3v) is 8.23. The van der Waals surface area contributed by atoms with Crippen molar-refractivity contribution < 1.29 is 14.3 Å². The lowest BCUT2D eigenvalue weighted by molar-refractivity contribution is -0.135. The second-order valence-corrected chi connectivity index (χ2v) is 10.8. The van der Waals surface area contributed by atoms with Gasteiger partial charge in [-0.15, -0.1) is 0 Å². The summed E-state index contributed by atoms with van der Waals surface area (Å²) >= 11 is 0.